The molecule has 0 aliphatic heterocycles. The first-order valence-electron chi connectivity index (χ1n) is 8.77. The number of hydrogen-bond acceptors (Lipinski definition) is 3. The number of amides is 1. The van der Waals surface area contributed by atoms with Crippen LogP contribution in [-0.2, 0) is 14.8 Å². The molecule has 1 N–H and O–H groups in total. The van der Waals surface area contributed by atoms with Crippen LogP contribution in [0.5, 0.6) is 0 Å². The molecule has 1 amide bonds. The van der Waals surface area contributed by atoms with E-state index in [0.29, 0.717) is 0 Å². The third kappa shape index (κ3) is 4.92. The van der Waals surface area contributed by atoms with Gasteiger partial charge in [-0.15, -0.1) is 0 Å². The molecule has 0 saturated heterocycles. The summed E-state index contributed by atoms with van der Waals surface area (Å²) in [6, 6.07) is 15.7. The average molecular weight is 467 g/mol. The number of carbonyl (C=O) groups excluding carboxylic acids is 1. The number of anilines is 2. The molecule has 9 heteroatoms. The van der Waals surface area contributed by atoms with Crippen LogP contribution < -0.4 is 9.62 Å². The molecule has 0 atom stereocenters. The van der Waals surface area contributed by atoms with E-state index in [4.69, 9.17) is 23.2 Å². The molecule has 0 heterocycles. The van der Waals surface area contributed by atoms with Crippen LogP contribution in [0.4, 0.5) is 15.8 Å². The van der Waals surface area contributed by atoms with E-state index in [0.717, 1.165) is 34.1 Å². The third-order valence-corrected chi connectivity index (χ3v) is 6.66. The van der Waals surface area contributed by atoms with Crippen LogP contribution in [0, 0.1) is 12.7 Å². The Labute approximate surface area is 184 Å². The van der Waals surface area contributed by atoms with Gasteiger partial charge in [-0.25, -0.2) is 12.8 Å². The largest absolute Gasteiger partial charge is 0.322 e. The number of aryl methyl sites for hydroxylation is 1. The second-order valence-corrected chi connectivity index (χ2v) is 9.12. The fourth-order valence-corrected chi connectivity index (χ4v) is 4.60. The first-order valence-corrected chi connectivity index (χ1v) is 11.0. The lowest BCUT2D eigenvalue weighted by atomic mass is 10.2. The molecule has 0 aliphatic carbocycles. The van der Waals surface area contributed by atoms with Crippen molar-refractivity contribution in [3.63, 3.8) is 0 Å². The SMILES string of the molecule is Cc1ccc(N(CC(=O)Nc2c(Cl)cccc2Cl)S(=O)(=O)c2ccc(F)cc2)cc1. The quantitative estimate of drug-likeness (QED) is 0.537. The van der Waals surface area contributed by atoms with Crippen molar-refractivity contribution >= 4 is 50.5 Å². The van der Waals surface area contributed by atoms with Gasteiger partial charge in [-0.05, 0) is 55.5 Å². The maximum atomic E-state index is 13.3. The number of carbonyl (C=O) groups is 1. The van der Waals surface area contributed by atoms with Crippen LogP contribution >= 0.6 is 23.2 Å². The summed E-state index contributed by atoms with van der Waals surface area (Å²) < 4.78 is 40.7. The van der Waals surface area contributed by atoms with Crippen molar-refractivity contribution in [3.8, 4) is 0 Å². The number of rotatable bonds is 6. The smallest absolute Gasteiger partial charge is 0.264 e. The highest BCUT2D eigenvalue weighted by atomic mass is 35.5. The summed E-state index contributed by atoms with van der Waals surface area (Å²) in [5, 5.41) is 3.00. The number of nitrogens with zero attached hydrogens (tertiary/aromatic N) is 1. The van der Waals surface area contributed by atoms with Crippen LogP contribution in [0.3, 0.4) is 0 Å². The molecule has 0 unspecified atom stereocenters. The molecule has 3 rings (SSSR count). The zero-order chi connectivity index (χ0) is 21.9. The Kier molecular flexibility index (Phi) is 6.65. The summed E-state index contributed by atoms with van der Waals surface area (Å²) in [6.45, 7) is 1.32. The van der Waals surface area contributed by atoms with Crippen LogP contribution in [0.15, 0.2) is 71.6 Å². The molecule has 5 nitrogen and oxygen atoms in total. The average Bonchev–Trinajstić information content (AvgIpc) is 2.70. The lowest BCUT2D eigenvalue weighted by molar-refractivity contribution is -0.114. The topological polar surface area (TPSA) is 66.5 Å². The van der Waals surface area contributed by atoms with E-state index in [9.17, 15) is 17.6 Å². The van der Waals surface area contributed by atoms with E-state index in [1.54, 1.807) is 42.5 Å². The molecule has 0 bridgehead atoms. The van der Waals surface area contributed by atoms with Crippen LogP contribution in [0.2, 0.25) is 10.0 Å². The summed E-state index contributed by atoms with van der Waals surface area (Å²) >= 11 is 12.2. The number of para-hydroxylation sites is 1. The van der Waals surface area contributed by atoms with Gasteiger partial charge in [0.15, 0.2) is 0 Å². The van der Waals surface area contributed by atoms with Crippen molar-refractivity contribution in [3.05, 3.63) is 88.2 Å². The zero-order valence-electron chi connectivity index (χ0n) is 15.8. The van der Waals surface area contributed by atoms with Crippen molar-refractivity contribution in [2.45, 2.75) is 11.8 Å². The molecule has 0 aromatic heterocycles. The molecule has 0 radical (unpaired) electrons. The van der Waals surface area contributed by atoms with Gasteiger partial charge in [-0.2, -0.15) is 0 Å². The Balaban J connectivity index is 1.96. The minimum Gasteiger partial charge on any atom is -0.322 e. The standard InChI is InChI=1S/C21H17Cl2FN2O3S/c1-14-5-9-16(10-6-14)26(30(28,29)17-11-7-15(24)8-12-17)13-20(27)25-21-18(22)3-2-4-19(21)23/h2-12H,13H2,1H3,(H,25,27). The summed E-state index contributed by atoms with van der Waals surface area (Å²) in [6.07, 6.45) is 0. The lowest BCUT2D eigenvalue weighted by Gasteiger charge is -2.24. The van der Waals surface area contributed by atoms with Gasteiger partial charge in [0.2, 0.25) is 5.91 Å². The maximum absolute atomic E-state index is 13.3. The van der Waals surface area contributed by atoms with Crippen LogP contribution in [0.25, 0.3) is 0 Å². The van der Waals surface area contributed by atoms with E-state index >= 15 is 0 Å². The van der Waals surface area contributed by atoms with Gasteiger partial charge < -0.3 is 5.32 Å². The highest BCUT2D eigenvalue weighted by Gasteiger charge is 2.27. The molecule has 3 aromatic rings. The van der Waals surface area contributed by atoms with Crippen molar-refractivity contribution in [2.24, 2.45) is 0 Å². The second-order valence-electron chi connectivity index (χ2n) is 6.45. The van der Waals surface area contributed by atoms with E-state index in [1.807, 2.05) is 6.92 Å². The fraction of sp³-hybridized carbons (Fsp3) is 0.0952. The van der Waals surface area contributed by atoms with Crippen molar-refractivity contribution in [1.82, 2.24) is 0 Å². The molecule has 30 heavy (non-hydrogen) atoms. The summed E-state index contributed by atoms with van der Waals surface area (Å²) in [5.41, 5.74) is 1.39. The molecule has 0 spiro atoms. The van der Waals surface area contributed by atoms with Gasteiger partial charge in [-0.3, -0.25) is 9.10 Å². The Morgan fingerprint density at radius 1 is 0.967 bits per heavy atom. The highest BCUT2D eigenvalue weighted by molar-refractivity contribution is 7.92. The van der Waals surface area contributed by atoms with E-state index < -0.39 is 28.3 Å². The predicted molar refractivity (Wildman–Crippen MR) is 117 cm³/mol. The summed E-state index contributed by atoms with van der Waals surface area (Å²) in [5.74, 6) is -1.21. The second kappa shape index (κ2) is 9.04. The first-order chi connectivity index (χ1) is 14.2. The predicted octanol–water partition coefficient (Wildman–Crippen LogP) is 5.27. The van der Waals surface area contributed by atoms with Crippen molar-refractivity contribution < 1.29 is 17.6 Å². The molecule has 0 fully saturated rings. The van der Waals surface area contributed by atoms with Gasteiger partial charge in [-0.1, -0.05) is 47.0 Å². The Morgan fingerprint density at radius 3 is 2.10 bits per heavy atom. The minimum absolute atomic E-state index is 0.145. The van der Waals surface area contributed by atoms with Gasteiger partial charge in [0.1, 0.15) is 12.4 Å². The van der Waals surface area contributed by atoms with Crippen LogP contribution in [-0.4, -0.2) is 20.9 Å². The lowest BCUT2D eigenvalue weighted by Crippen LogP contribution is -2.38. The number of nitrogens with one attached hydrogen (secondary N) is 1. The monoisotopic (exact) mass is 466 g/mol. The van der Waals surface area contributed by atoms with Gasteiger partial charge in [0.25, 0.3) is 10.0 Å². The third-order valence-electron chi connectivity index (χ3n) is 4.24. The Morgan fingerprint density at radius 2 is 1.53 bits per heavy atom. The van der Waals surface area contributed by atoms with Gasteiger partial charge in [0, 0.05) is 0 Å². The summed E-state index contributed by atoms with van der Waals surface area (Å²) in [7, 11) is -4.15. The number of benzene rings is 3. The normalized spacial score (nSPS) is 11.2. The fourth-order valence-electron chi connectivity index (χ4n) is 2.69. The highest BCUT2D eigenvalue weighted by Crippen LogP contribution is 2.30. The maximum Gasteiger partial charge on any atom is 0.264 e. The van der Waals surface area contributed by atoms with Crippen molar-refractivity contribution in [2.75, 3.05) is 16.2 Å². The first kappa shape index (κ1) is 22.1. The molecule has 3 aromatic carbocycles. The zero-order valence-corrected chi connectivity index (χ0v) is 18.1. The number of sulfonamides is 1. The molecule has 0 aliphatic rings. The minimum atomic E-state index is -4.15. The Hall–Kier alpha value is -2.61. The Bertz CT molecular complexity index is 1150. The molecular formula is C21H17Cl2FN2O3S. The van der Waals surface area contributed by atoms with E-state index in [1.165, 1.54) is 0 Å². The molecular weight excluding hydrogens is 450 g/mol. The summed E-state index contributed by atoms with van der Waals surface area (Å²) in [4.78, 5) is 12.6. The number of hydrogen-bond donors (Lipinski definition) is 1. The van der Waals surface area contributed by atoms with Crippen molar-refractivity contribution in [1.29, 1.82) is 0 Å². The van der Waals surface area contributed by atoms with E-state index in [-0.39, 0.29) is 26.3 Å². The van der Waals surface area contributed by atoms with Crippen LogP contribution in [0.1, 0.15) is 5.56 Å². The number of halogens is 3. The molecule has 0 saturated carbocycles. The van der Waals surface area contributed by atoms with E-state index in [2.05, 4.69) is 5.32 Å². The van der Waals surface area contributed by atoms with Gasteiger partial charge >= 0.3 is 0 Å². The van der Waals surface area contributed by atoms with Gasteiger partial charge in [0.05, 0.1) is 26.3 Å². The molecule has 156 valence electrons.